The van der Waals surface area contributed by atoms with Crippen molar-refractivity contribution in [1.82, 2.24) is 5.32 Å². The van der Waals surface area contributed by atoms with E-state index in [2.05, 4.69) is 10.6 Å². The summed E-state index contributed by atoms with van der Waals surface area (Å²) in [6, 6.07) is 4.51. The molecule has 1 aliphatic carbocycles. The Bertz CT molecular complexity index is 459. The number of hydrogen-bond donors (Lipinski definition) is 2. The van der Waals surface area contributed by atoms with Crippen LogP contribution in [0, 0.1) is 5.82 Å². The summed E-state index contributed by atoms with van der Waals surface area (Å²) in [6.07, 6.45) is 6.91. The highest BCUT2D eigenvalue weighted by atomic mass is 35.5. The van der Waals surface area contributed by atoms with E-state index in [1.165, 1.54) is 43.9 Å². The average molecular weight is 299 g/mol. The molecule has 0 radical (unpaired) electrons. The molecule has 1 aromatic carbocycles. The van der Waals surface area contributed by atoms with Crippen molar-refractivity contribution in [2.24, 2.45) is 0 Å². The summed E-state index contributed by atoms with van der Waals surface area (Å²) < 4.78 is 13.5. The summed E-state index contributed by atoms with van der Waals surface area (Å²) >= 11 is 5.80. The first-order valence-corrected chi connectivity index (χ1v) is 7.51. The van der Waals surface area contributed by atoms with Crippen LogP contribution >= 0.6 is 11.6 Å². The predicted molar refractivity (Wildman–Crippen MR) is 79.5 cm³/mol. The number of hydrogen-bond acceptors (Lipinski definition) is 2. The minimum atomic E-state index is -0.406. The normalized spacial score (nSPS) is 16.5. The fraction of sp³-hybridized carbons (Fsp3) is 0.533. The Morgan fingerprint density at radius 2 is 1.95 bits per heavy atom. The molecule has 1 amide bonds. The van der Waals surface area contributed by atoms with Gasteiger partial charge in [-0.15, -0.1) is 0 Å². The second kappa shape index (κ2) is 7.48. The van der Waals surface area contributed by atoms with E-state index in [-0.39, 0.29) is 24.2 Å². The number of halogens is 2. The number of amides is 1. The molecule has 0 spiro atoms. The molecule has 0 aromatic heterocycles. The molecule has 2 N–H and O–H groups in total. The van der Waals surface area contributed by atoms with Crippen LogP contribution in [-0.2, 0) is 4.79 Å². The van der Waals surface area contributed by atoms with Gasteiger partial charge >= 0.3 is 0 Å². The maximum atomic E-state index is 13.5. The zero-order valence-corrected chi connectivity index (χ0v) is 12.2. The van der Waals surface area contributed by atoms with E-state index in [9.17, 15) is 9.18 Å². The van der Waals surface area contributed by atoms with Gasteiger partial charge < -0.3 is 10.6 Å². The quantitative estimate of drug-likeness (QED) is 0.832. The fourth-order valence-electron chi connectivity index (χ4n) is 2.51. The molecule has 0 bridgehead atoms. The molecule has 3 nitrogen and oxygen atoms in total. The molecule has 0 heterocycles. The van der Waals surface area contributed by atoms with E-state index in [1.54, 1.807) is 0 Å². The van der Waals surface area contributed by atoms with Gasteiger partial charge in [-0.3, -0.25) is 4.79 Å². The van der Waals surface area contributed by atoms with Crippen molar-refractivity contribution in [3.63, 3.8) is 0 Å². The zero-order valence-electron chi connectivity index (χ0n) is 11.4. The van der Waals surface area contributed by atoms with Gasteiger partial charge in [0, 0.05) is 11.1 Å². The lowest BCUT2D eigenvalue weighted by Gasteiger charge is -2.16. The summed E-state index contributed by atoms with van der Waals surface area (Å²) in [4.78, 5) is 11.9. The summed E-state index contributed by atoms with van der Waals surface area (Å²) in [5.74, 6) is -0.507. The van der Waals surface area contributed by atoms with Crippen molar-refractivity contribution in [3.05, 3.63) is 29.0 Å². The minimum absolute atomic E-state index is 0.0633. The molecule has 1 aromatic rings. The van der Waals surface area contributed by atoms with Crippen molar-refractivity contribution in [1.29, 1.82) is 0 Å². The van der Waals surface area contributed by atoms with Gasteiger partial charge in [0.2, 0.25) is 5.91 Å². The van der Waals surface area contributed by atoms with Crippen LogP contribution in [0.2, 0.25) is 5.02 Å². The van der Waals surface area contributed by atoms with E-state index < -0.39 is 5.82 Å². The van der Waals surface area contributed by atoms with Gasteiger partial charge in [-0.05, 0) is 31.0 Å². The molecule has 110 valence electrons. The Hall–Kier alpha value is -1.29. The smallest absolute Gasteiger partial charge is 0.239 e. The first kappa shape index (κ1) is 15.1. The van der Waals surface area contributed by atoms with Crippen LogP contribution < -0.4 is 10.6 Å². The van der Waals surface area contributed by atoms with Crippen LogP contribution in [0.5, 0.6) is 0 Å². The predicted octanol–water partition coefficient (Wildman–Crippen LogP) is 3.73. The first-order valence-electron chi connectivity index (χ1n) is 7.13. The van der Waals surface area contributed by atoms with Crippen LogP contribution in [0.15, 0.2) is 18.2 Å². The first-order chi connectivity index (χ1) is 9.65. The number of benzene rings is 1. The van der Waals surface area contributed by atoms with Crippen molar-refractivity contribution >= 4 is 23.2 Å². The van der Waals surface area contributed by atoms with Crippen molar-refractivity contribution in [2.75, 3.05) is 11.9 Å². The Labute approximate surface area is 123 Å². The molecule has 0 saturated heterocycles. The maximum Gasteiger partial charge on any atom is 0.239 e. The summed E-state index contributed by atoms with van der Waals surface area (Å²) in [5.41, 5.74) is 0.258. The maximum absolute atomic E-state index is 13.5. The molecule has 1 fully saturated rings. The minimum Gasteiger partial charge on any atom is -0.374 e. The average Bonchev–Trinajstić information content (AvgIpc) is 2.68. The van der Waals surface area contributed by atoms with Gasteiger partial charge in [0.15, 0.2) is 0 Å². The van der Waals surface area contributed by atoms with Gasteiger partial charge in [0.05, 0.1) is 12.2 Å². The molecule has 0 atom stereocenters. The third-order valence-corrected chi connectivity index (χ3v) is 3.82. The Morgan fingerprint density at radius 1 is 1.25 bits per heavy atom. The lowest BCUT2D eigenvalue weighted by atomic mass is 10.1. The highest BCUT2D eigenvalue weighted by Gasteiger charge is 2.14. The van der Waals surface area contributed by atoms with Crippen LogP contribution in [0.3, 0.4) is 0 Å². The number of rotatable bonds is 4. The Kier molecular flexibility index (Phi) is 5.65. The van der Waals surface area contributed by atoms with E-state index >= 15 is 0 Å². The zero-order chi connectivity index (χ0) is 14.4. The topological polar surface area (TPSA) is 41.1 Å². The Balaban J connectivity index is 1.81. The second-order valence-electron chi connectivity index (χ2n) is 5.23. The van der Waals surface area contributed by atoms with Crippen molar-refractivity contribution in [2.45, 2.75) is 44.6 Å². The molecule has 1 aliphatic rings. The Morgan fingerprint density at radius 3 is 2.65 bits per heavy atom. The number of carbonyl (C=O) groups is 1. The van der Waals surface area contributed by atoms with Gasteiger partial charge in [-0.25, -0.2) is 4.39 Å². The van der Waals surface area contributed by atoms with Crippen LogP contribution in [-0.4, -0.2) is 18.5 Å². The van der Waals surface area contributed by atoms with E-state index in [1.807, 2.05) is 0 Å². The number of carbonyl (C=O) groups excluding carboxylic acids is 1. The highest BCUT2D eigenvalue weighted by molar-refractivity contribution is 6.30. The molecule has 0 unspecified atom stereocenters. The van der Waals surface area contributed by atoms with E-state index in [4.69, 9.17) is 11.6 Å². The van der Waals surface area contributed by atoms with Gasteiger partial charge in [0.1, 0.15) is 5.82 Å². The fourth-order valence-corrected chi connectivity index (χ4v) is 2.68. The highest BCUT2D eigenvalue weighted by Crippen LogP contribution is 2.19. The third kappa shape index (κ3) is 4.67. The SMILES string of the molecule is O=C(CNc1cc(Cl)ccc1F)NC1CCCCCC1. The molecule has 0 aliphatic heterocycles. The standard InChI is InChI=1S/C15H20ClFN2O/c16-11-7-8-13(17)14(9-11)18-10-15(20)19-12-5-3-1-2-4-6-12/h7-9,12,18H,1-6,10H2,(H,19,20). The van der Waals surface area contributed by atoms with E-state index in [0.29, 0.717) is 5.02 Å². The molecule has 2 rings (SSSR count). The van der Waals surface area contributed by atoms with Gasteiger partial charge in [0.25, 0.3) is 0 Å². The van der Waals surface area contributed by atoms with Crippen LogP contribution in [0.4, 0.5) is 10.1 Å². The molecular formula is C15H20ClFN2O. The summed E-state index contributed by atoms with van der Waals surface area (Å²) in [5, 5.41) is 6.24. The lowest BCUT2D eigenvalue weighted by Crippen LogP contribution is -2.38. The summed E-state index contributed by atoms with van der Waals surface area (Å²) in [7, 11) is 0. The van der Waals surface area contributed by atoms with Crippen molar-refractivity contribution in [3.8, 4) is 0 Å². The van der Waals surface area contributed by atoms with Crippen LogP contribution in [0.1, 0.15) is 38.5 Å². The van der Waals surface area contributed by atoms with Gasteiger partial charge in [-0.1, -0.05) is 37.3 Å². The monoisotopic (exact) mass is 298 g/mol. The van der Waals surface area contributed by atoms with Crippen molar-refractivity contribution < 1.29 is 9.18 Å². The molecular weight excluding hydrogens is 279 g/mol. The number of anilines is 1. The molecule has 20 heavy (non-hydrogen) atoms. The summed E-state index contributed by atoms with van der Waals surface area (Å²) in [6.45, 7) is 0.0633. The van der Waals surface area contributed by atoms with E-state index in [0.717, 1.165) is 12.8 Å². The number of nitrogens with one attached hydrogen (secondary N) is 2. The third-order valence-electron chi connectivity index (χ3n) is 3.59. The van der Waals surface area contributed by atoms with Crippen LogP contribution in [0.25, 0.3) is 0 Å². The lowest BCUT2D eigenvalue weighted by molar-refractivity contribution is -0.120. The molecule has 1 saturated carbocycles. The second-order valence-corrected chi connectivity index (χ2v) is 5.67. The largest absolute Gasteiger partial charge is 0.374 e. The molecule has 5 heteroatoms. The van der Waals surface area contributed by atoms with Gasteiger partial charge in [-0.2, -0.15) is 0 Å².